The molecule has 0 N–H and O–H groups in total. The summed E-state index contributed by atoms with van der Waals surface area (Å²) in [7, 11) is 0. The lowest BCUT2D eigenvalue weighted by Crippen LogP contribution is -2.14. The smallest absolute Gasteiger partial charge is 0.344 e. The number of aryl methyl sites for hydroxylation is 4. The van der Waals surface area contributed by atoms with E-state index in [1.54, 1.807) is 0 Å². The van der Waals surface area contributed by atoms with Crippen LogP contribution in [-0.2, 0) is 0 Å². The van der Waals surface area contributed by atoms with Gasteiger partial charge in [0.2, 0.25) is 0 Å². The van der Waals surface area contributed by atoms with Gasteiger partial charge in [-0.25, -0.2) is 9.78 Å². The monoisotopic (exact) mass is 395 g/mol. The first kappa shape index (κ1) is 19.8. The van der Waals surface area contributed by atoms with E-state index in [1.807, 2.05) is 89.2 Å². The Balaban J connectivity index is 1.96. The van der Waals surface area contributed by atoms with Crippen LogP contribution in [0.2, 0.25) is 0 Å². The molecule has 0 saturated heterocycles. The Morgan fingerprint density at radius 3 is 2.27 bits per heavy atom. The van der Waals surface area contributed by atoms with Crippen molar-refractivity contribution in [2.45, 2.75) is 34.6 Å². The Hall–Kier alpha value is -3.46. The van der Waals surface area contributed by atoms with Gasteiger partial charge in [-0.05, 0) is 69.0 Å². The third-order valence-electron chi connectivity index (χ3n) is 5.47. The van der Waals surface area contributed by atoms with Gasteiger partial charge in [0, 0.05) is 10.9 Å². The summed E-state index contributed by atoms with van der Waals surface area (Å²) >= 11 is 0. The van der Waals surface area contributed by atoms with E-state index in [4.69, 9.17) is 9.72 Å². The lowest BCUT2D eigenvalue weighted by molar-refractivity contribution is 0.0735. The summed E-state index contributed by atoms with van der Waals surface area (Å²) in [6, 6.07) is 20.0. The Kier molecular flexibility index (Phi) is 5.13. The molecule has 0 aliphatic heterocycles. The van der Waals surface area contributed by atoms with E-state index >= 15 is 0 Å². The summed E-state index contributed by atoms with van der Waals surface area (Å²) in [6.45, 7) is 9.96. The molecular weight excluding hydrogens is 370 g/mol. The van der Waals surface area contributed by atoms with Crippen molar-refractivity contribution in [2.75, 3.05) is 0 Å². The van der Waals surface area contributed by atoms with Crippen LogP contribution in [0.1, 0.15) is 38.2 Å². The molecule has 0 unspecified atom stereocenters. The molecule has 0 saturated carbocycles. The maximum Gasteiger partial charge on any atom is 0.344 e. The molecular formula is C27H25NO2. The predicted molar refractivity (Wildman–Crippen MR) is 122 cm³/mol. The van der Waals surface area contributed by atoms with Crippen LogP contribution in [0.25, 0.3) is 22.2 Å². The van der Waals surface area contributed by atoms with Gasteiger partial charge in [0.1, 0.15) is 5.75 Å². The molecule has 1 aromatic heterocycles. The Bertz CT molecular complexity index is 1270. The fourth-order valence-electron chi connectivity index (χ4n) is 3.92. The van der Waals surface area contributed by atoms with Crippen molar-refractivity contribution in [1.29, 1.82) is 0 Å². The molecule has 3 nitrogen and oxygen atoms in total. The fraction of sp³-hybridized carbons (Fsp3) is 0.185. The van der Waals surface area contributed by atoms with Crippen molar-refractivity contribution in [1.82, 2.24) is 4.98 Å². The number of rotatable bonds is 3. The van der Waals surface area contributed by atoms with E-state index in [-0.39, 0.29) is 5.97 Å². The number of aromatic nitrogens is 1. The first-order valence-electron chi connectivity index (χ1n) is 10.1. The van der Waals surface area contributed by atoms with Gasteiger partial charge in [-0.1, -0.05) is 54.1 Å². The lowest BCUT2D eigenvalue weighted by Gasteiger charge is -2.16. The molecule has 1 heterocycles. The molecule has 0 radical (unpaired) electrons. The van der Waals surface area contributed by atoms with Crippen molar-refractivity contribution in [3.8, 4) is 17.0 Å². The molecule has 3 heteroatoms. The van der Waals surface area contributed by atoms with E-state index in [0.29, 0.717) is 11.3 Å². The molecule has 0 atom stereocenters. The van der Waals surface area contributed by atoms with Gasteiger partial charge >= 0.3 is 5.97 Å². The molecule has 4 aromatic rings. The second-order valence-electron chi connectivity index (χ2n) is 7.96. The minimum Gasteiger partial charge on any atom is -0.423 e. The topological polar surface area (TPSA) is 39.2 Å². The zero-order chi connectivity index (χ0) is 21.4. The van der Waals surface area contributed by atoms with Crippen LogP contribution in [0.15, 0.2) is 60.7 Å². The minimum atomic E-state index is -0.351. The van der Waals surface area contributed by atoms with Crippen LogP contribution >= 0.6 is 0 Å². The summed E-state index contributed by atoms with van der Waals surface area (Å²) in [5, 5.41) is 0.833. The van der Waals surface area contributed by atoms with Gasteiger partial charge in [-0.2, -0.15) is 0 Å². The zero-order valence-electron chi connectivity index (χ0n) is 18.0. The first-order chi connectivity index (χ1) is 14.3. The van der Waals surface area contributed by atoms with Crippen molar-refractivity contribution in [3.63, 3.8) is 0 Å². The number of ether oxygens (including phenoxy) is 1. The molecule has 30 heavy (non-hydrogen) atoms. The molecule has 0 aliphatic rings. The summed E-state index contributed by atoms with van der Waals surface area (Å²) in [5.74, 6) is 0.241. The third-order valence-corrected chi connectivity index (χ3v) is 5.47. The van der Waals surface area contributed by atoms with Crippen molar-refractivity contribution < 1.29 is 9.53 Å². The molecule has 3 aromatic carbocycles. The standard InChI is InChI=1S/C27H25NO2/c1-16-11-12-18(3)23(15-16)30-27(29)24-20(5)26(21-9-7-6-8-10-21)28-25-19(4)13-17(2)14-22(24)25/h6-15H,1-5H3. The number of esters is 1. The van der Waals surface area contributed by atoms with Gasteiger partial charge in [0.25, 0.3) is 0 Å². The van der Waals surface area contributed by atoms with E-state index in [9.17, 15) is 4.79 Å². The molecule has 0 aliphatic carbocycles. The van der Waals surface area contributed by atoms with Gasteiger partial charge in [0.15, 0.2) is 0 Å². The Labute approximate surface area is 177 Å². The van der Waals surface area contributed by atoms with Crippen molar-refractivity contribution in [3.05, 3.63) is 94.0 Å². The predicted octanol–water partition coefficient (Wildman–Crippen LogP) is 6.66. The fourth-order valence-corrected chi connectivity index (χ4v) is 3.92. The summed E-state index contributed by atoms with van der Waals surface area (Å²) in [6.07, 6.45) is 0. The van der Waals surface area contributed by atoms with Crippen molar-refractivity contribution in [2.24, 2.45) is 0 Å². The quantitative estimate of drug-likeness (QED) is 0.287. The molecule has 150 valence electrons. The zero-order valence-corrected chi connectivity index (χ0v) is 18.0. The summed E-state index contributed by atoms with van der Waals surface area (Å²) in [5.41, 5.74) is 8.15. The third kappa shape index (κ3) is 3.59. The van der Waals surface area contributed by atoms with Crippen LogP contribution in [0.5, 0.6) is 5.75 Å². The van der Waals surface area contributed by atoms with Crippen LogP contribution in [0.3, 0.4) is 0 Å². The second-order valence-corrected chi connectivity index (χ2v) is 7.96. The molecule has 4 rings (SSSR count). The van der Waals surface area contributed by atoms with Crippen molar-refractivity contribution >= 4 is 16.9 Å². The molecule has 0 bridgehead atoms. The van der Waals surface area contributed by atoms with Gasteiger partial charge < -0.3 is 4.74 Å². The Morgan fingerprint density at radius 1 is 0.800 bits per heavy atom. The highest BCUT2D eigenvalue weighted by molar-refractivity contribution is 6.08. The van der Waals surface area contributed by atoms with Crippen LogP contribution in [0, 0.1) is 34.6 Å². The number of hydrogen-bond donors (Lipinski definition) is 0. The van der Waals surface area contributed by atoms with E-state index in [2.05, 4.69) is 6.07 Å². The normalized spacial score (nSPS) is 11.0. The minimum absolute atomic E-state index is 0.351. The molecule has 0 fully saturated rings. The number of carbonyl (C=O) groups excluding carboxylic acids is 1. The molecule has 0 spiro atoms. The number of fused-ring (bicyclic) bond motifs is 1. The lowest BCUT2D eigenvalue weighted by atomic mass is 9.95. The van der Waals surface area contributed by atoms with E-state index in [1.165, 1.54) is 0 Å². The SMILES string of the molecule is Cc1ccc(C)c(OC(=O)c2c(C)c(-c3ccccc3)nc3c(C)cc(C)cc23)c1. The van der Waals surface area contributed by atoms with Gasteiger partial charge in [-0.3, -0.25) is 0 Å². The average molecular weight is 396 g/mol. The summed E-state index contributed by atoms with van der Waals surface area (Å²) < 4.78 is 5.90. The maximum absolute atomic E-state index is 13.5. The number of nitrogens with zero attached hydrogens (tertiary/aromatic N) is 1. The van der Waals surface area contributed by atoms with Crippen LogP contribution in [0.4, 0.5) is 0 Å². The average Bonchev–Trinajstić information content (AvgIpc) is 2.71. The van der Waals surface area contributed by atoms with Gasteiger partial charge in [-0.15, -0.1) is 0 Å². The maximum atomic E-state index is 13.5. The first-order valence-corrected chi connectivity index (χ1v) is 10.1. The van der Waals surface area contributed by atoms with E-state index < -0.39 is 0 Å². The second kappa shape index (κ2) is 7.75. The van der Waals surface area contributed by atoms with Gasteiger partial charge in [0.05, 0.1) is 16.8 Å². The molecule has 0 amide bonds. The highest BCUT2D eigenvalue weighted by Gasteiger charge is 2.22. The number of hydrogen-bond acceptors (Lipinski definition) is 3. The Morgan fingerprint density at radius 2 is 1.53 bits per heavy atom. The number of benzene rings is 3. The number of carbonyl (C=O) groups is 1. The highest BCUT2D eigenvalue weighted by Crippen LogP contribution is 2.33. The highest BCUT2D eigenvalue weighted by atomic mass is 16.5. The van der Waals surface area contributed by atoms with Crippen LogP contribution < -0.4 is 4.74 Å². The largest absolute Gasteiger partial charge is 0.423 e. The summed E-state index contributed by atoms with van der Waals surface area (Å²) in [4.78, 5) is 18.4. The van der Waals surface area contributed by atoms with Crippen LogP contribution in [-0.4, -0.2) is 11.0 Å². The van der Waals surface area contributed by atoms with E-state index in [0.717, 1.165) is 50.0 Å². The number of pyridine rings is 1.